The Morgan fingerprint density at radius 2 is 1.21 bits per heavy atom. The molecule has 2 saturated heterocycles. The van der Waals surface area contributed by atoms with Crippen LogP contribution >= 0.6 is 0 Å². The van der Waals surface area contributed by atoms with Crippen LogP contribution in [0.1, 0.15) is 77.1 Å². The van der Waals surface area contributed by atoms with Crippen LogP contribution in [0.5, 0.6) is 0 Å². The lowest BCUT2D eigenvalue weighted by molar-refractivity contribution is -0.141. The number of alkyl carbamates (subject to hydrolysis) is 1. The van der Waals surface area contributed by atoms with Crippen molar-refractivity contribution >= 4 is 58.9 Å². The number of nitrogens with zero attached hydrogens (tertiary/aromatic N) is 4. The van der Waals surface area contributed by atoms with Crippen LogP contribution < -0.4 is 26.6 Å². The van der Waals surface area contributed by atoms with Crippen LogP contribution in [0, 0.1) is 11.8 Å². The number of carbonyl (C=O) groups excluding carboxylic acids is 7. The molecule has 0 spiro atoms. The first-order valence-electron chi connectivity index (χ1n) is 17.8. The van der Waals surface area contributed by atoms with Crippen molar-refractivity contribution in [3.05, 3.63) is 42.2 Å². The fraction of sp³-hybridized carbons (Fsp3) is 0.528. The molecule has 0 aliphatic carbocycles. The molecule has 53 heavy (non-hydrogen) atoms. The van der Waals surface area contributed by atoms with E-state index < -0.39 is 42.1 Å². The summed E-state index contributed by atoms with van der Waals surface area (Å²) in [5.74, 6) is -2.70. The van der Waals surface area contributed by atoms with E-state index in [9.17, 15) is 33.6 Å². The molecule has 0 radical (unpaired) electrons. The van der Waals surface area contributed by atoms with Gasteiger partial charge in [0.25, 0.3) is 5.91 Å². The van der Waals surface area contributed by atoms with E-state index in [-0.39, 0.29) is 53.4 Å². The van der Waals surface area contributed by atoms with Crippen LogP contribution in [0.25, 0.3) is 0 Å². The van der Waals surface area contributed by atoms with Crippen LogP contribution in [0.3, 0.4) is 0 Å². The Kier molecular flexibility index (Phi) is 13.8. The number of methoxy groups -OCH3 is 1. The van der Waals surface area contributed by atoms with Gasteiger partial charge in [-0.25, -0.2) is 14.8 Å². The highest BCUT2D eigenvalue weighted by molar-refractivity contribution is 6.04. The summed E-state index contributed by atoms with van der Waals surface area (Å²) in [5.41, 5.74) is 1.01. The molecule has 0 saturated carbocycles. The molecule has 0 bridgehead atoms. The number of ether oxygens (including phenoxy) is 1. The SMILES string of the molecule is CCC(=O)N[C@H](C(=O)N1CCC[C@H]1C(=O)Nc1ncc(C(=O)Nc2ccc(NC(=O)[C@@H]3CCCN3C(=O)[C@@H](NC(=O)OC)C(C)C)cc2)cn1)C(C)C. The molecule has 286 valence electrons. The van der Waals surface area contributed by atoms with E-state index in [0.29, 0.717) is 50.1 Å². The molecule has 4 atom stereocenters. The van der Waals surface area contributed by atoms with E-state index in [1.54, 1.807) is 45.0 Å². The predicted molar refractivity (Wildman–Crippen MR) is 194 cm³/mol. The summed E-state index contributed by atoms with van der Waals surface area (Å²) in [5, 5.41) is 13.5. The van der Waals surface area contributed by atoms with Crippen molar-refractivity contribution < 1.29 is 38.3 Å². The van der Waals surface area contributed by atoms with E-state index in [1.807, 2.05) is 13.8 Å². The van der Waals surface area contributed by atoms with Gasteiger partial charge in [-0.1, -0.05) is 34.6 Å². The van der Waals surface area contributed by atoms with Gasteiger partial charge in [0.15, 0.2) is 0 Å². The van der Waals surface area contributed by atoms with Crippen LogP contribution in [0.2, 0.25) is 0 Å². The van der Waals surface area contributed by atoms with Gasteiger partial charge in [0.1, 0.15) is 24.2 Å². The fourth-order valence-electron chi connectivity index (χ4n) is 6.22. The lowest BCUT2D eigenvalue weighted by Gasteiger charge is -2.30. The number of nitrogens with one attached hydrogen (secondary N) is 5. The lowest BCUT2D eigenvalue weighted by atomic mass is 10.0. The second kappa shape index (κ2) is 18.2. The van der Waals surface area contributed by atoms with Crippen molar-refractivity contribution in [3.63, 3.8) is 0 Å². The zero-order valence-corrected chi connectivity index (χ0v) is 30.9. The molecule has 7 amide bonds. The van der Waals surface area contributed by atoms with Gasteiger partial charge >= 0.3 is 6.09 Å². The van der Waals surface area contributed by atoms with Crippen LogP contribution in [-0.4, -0.2) is 106 Å². The highest BCUT2D eigenvalue weighted by Gasteiger charge is 2.40. The van der Waals surface area contributed by atoms with E-state index in [2.05, 4.69) is 41.3 Å². The van der Waals surface area contributed by atoms with Gasteiger partial charge < -0.3 is 35.8 Å². The predicted octanol–water partition coefficient (Wildman–Crippen LogP) is 2.52. The number of aromatic nitrogens is 2. The van der Waals surface area contributed by atoms with Gasteiger partial charge in [-0.3, -0.25) is 34.1 Å². The largest absolute Gasteiger partial charge is 0.453 e. The molecule has 4 rings (SSSR count). The van der Waals surface area contributed by atoms with Crippen molar-refractivity contribution in [2.24, 2.45) is 11.8 Å². The van der Waals surface area contributed by atoms with E-state index in [0.717, 1.165) is 0 Å². The van der Waals surface area contributed by atoms with Crippen LogP contribution in [0.4, 0.5) is 22.1 Å². The molecule has 0 unspecified atom stereocenters. The molecule has 2 fully saturated rings. The Morgan fingerprint density at radius 3 is 1.68 bits per heavy atom. The Balaban J connectivity index is 1.31. The number of carbonyl (C=O) groups is 7. The van der Waals surface area contributed by atoms with Crippen molar-refractivity contribution in [2.75, 3.05) is 36.1 Å². The average Bonchev–Trinajstić information content (AvgIpc) is 3.84. The standard InChI is InChI=1S/C36H49N9O8/c1-7-27(46)41-28(20(2)3)33(50)45-17-9-11-26(45)32(49)43-35-37-18-22(19-38-35)30(47)39-23-12-14-24(15-13-23)40-31(48)25-10-8-16-44(25)34(51)29(21(4)5)42-36(52)53-6/h12-15,18-21,25-26,28-29H,7-11,16-17H2,1-6H3,(H,39,47)(H,40,48)(H,41,46)(H,42,52)(H,37,38,43,49)/t25-,26-,28-,29-/m0/s1. The quantitative estimate of drug-likeness (QED) is 0.202. The first-order chi connectivity index (χ1) is 25.2. The summed E-state index contributed by atoms with van der Waals surface area (Å²) in [4.78, 5) is 101. The Labute approximate surface area is 308 Å². The van der Waals surface area contributed by atoms with Crippen molar-refractivity contribution in [3.8, 4) is 0 Å². The summed E-state index contributed by atoms with van der Waals surface area (Å²) >= 11 is 0. The van der Waals surface area contributed by atoms with Crippen molar-refractivity contribution in [2.45, 2.75) is 90.9 Å². The molecule has 1 aromatic carbocycles. The summed E-state index contributed by atoms with van der Waals surface area (Å²) in [7, 11) is 1.22. The van der Waals surface area contributed by atoms with Gasteiger partial charge in [0.2, 0.25) is 35.5 Å². The zero-order chi connectivity index (χ0) is 38.8. The monoisotopic (exact) mass is 735 g/mol. The summed E-state index contributed by atoms with van der Waals surface area (Å²) in [6.07, 6.45) is 4.21. The van der Waals surface area contributed by atoms with Crippen molar-refractivity contribution in [1.82, 2.24) is 30.4 Å². The van der Waals surface area contributed by atoms with Crippen LogP contribution in [0.15, 0.2) is 36.7 Å². The topological polar surface area (TPSA) is 221 Å². The Hall–Kier alpha value is -5.61. The van der Waals surface area contributed by atoms with E-state index >= 15 is 0 Å². The summed E-state index contributed by atoms with van der Waals surface area (Å²) in [6, 6.07) is 3.35. The van der Waals surface area contributed by atoms with Gasteiger partial charge in [-0.15, -0.1) is 0 Å². The molecular weight excluding hydrogens is 686 g/mol. The first-order valence-corrected chi connectivity index (χ1v) is 17.8. The van der Waals surface area contributed by atoms with Gasteiger partial charge in [0, 0.05) is 43.3 Å². The van der Waals surface area contributed by atoms with Crippen molar-refractivity contribution in [1.29, 1.82) is 0 Å². The fourth-order valence-corrected chi connectivity index (χ4v) is 6.22. The highest BCUT2D eigenvalue weighted by atomic mass is 16.5. The highest BCUT2D eigenvalue weighted by Crippen LogP contribution is 2.24. The normalized spacial score (nSPS) is 17.9. The molecule has 17 nitrogen and oxygen atoms in total. The molecule has 2 aliphatic rings. The van der Waals surface area contributed by atoms with Gasteiger partial charge in [-0.2, -0.15) is 0 Å². The maximum atomic E-state index is 13.3. The number of amides is 7. The number of benzene rings is 1. The van der Waals surface area contributed by atoms with Gasteiger partial charge in [-0.05, 0) is 61.8 Å². The molecule has 17 heteroatoms. The number of hydrogen-bond donors (Lipinski definition) is 5. The number of hydrogen-bond acceptors (Lipinski definition) is 10. The number of rotatable bonds is 13. The molecule has 5 N–H and O–H groups in total. The minimum absolute atomic E-state index is 0.0346. The lowest BCUT2D eigenvalue weighted by Crippen LogP contribution is -2.54. The number of likely N-dealkylation sites (tertiary alicyclic amines) is 2. The zero-order valence-electron chi connectivity index (χ0n) is 30.9. The third-order valence-electron chi connectivity index (χ3n) is 9.20. The third kappa shape index (κ3) is 10.3. The number of anilines is 3. The summed E-state index contributed by atoms with van der Waals surface area (Å²) in [6.45, 7) is 9.72. The minimum atomic E-state index is -0.843. The second-order valence-corrected chi connectivity index (χ2v) is 13.7. The Morgan fingerprint density at radius 1 is 0.736 bits per heavy atom. The smallest absolute Gasteiger partial charge is 0.407 e. The molecule has 3 heterocycles. The second-order valence-electron chi connectivity index (χ2n) is 13.7. The average molecular weight is 736 g/mol. The molecule has 2 aliphatic heterocycles. The minimum Gasteiger partial charge on any atom is -0.453 e. The summed E-state index contributed by atoms with van der Waals surface area (Å²) < 4.78 is 4.65. The Bertz CT molecular complexity index is 1670. The maximum Gasteiger partial charge on any atom is 0.407 e. The van der Waals surface area contributed by atoms with E-state index in [4.69, 9.17) is 0 Å². The maximum absolute atomic E-state index is 13.3. The molecule has 1 aromatic heterocycles. The van der Waals surface area contributed by atoms with Gasteiger partial charge in [0.05, 0.1) is 12.7 Å². The molecular formula is C36H49N9O8. The first kappa shape index (κ1) is 40.2. The van der Waals surface area contributed by atoms with E-state index in [1.165, 1.54) is 29.3 Å². The molecule has 2 aromatic rings. The van der Waals surface area contributed by atoms with Crippen LogP contribution in [-0.2, 0) is 28.7 Å². The third-order valence-corrected chi connectivity index (χ3v) is 9.20.